The summed E-state index contributed by atoms with van der Waals surface area (Å²) < 4.78 is 5.07. The topological polar surface area (TPSA) is 91.0 Å². The number of nitrogens with zero attached hydrogens (tertiary/aromatic N) is 2. The number of methoxy groups -OCH3 is 1. The Morgan fingerprint density at radius 2 is 1.67 bits per heavy atom. The zero-order valence-electron chi connectivity index (χ0n) is 17.7. The number of hydrogen-bond acceptors (Lipinski definition) is 5. The molecule has 0 bridgehead atoms. The van der Waals surface area contributed by atoms with Gasteiger partial charge in [-0.25, -0.2) is 4.79 Å². The van der Waals surface area contributed by atoms with Gasteiger partial charge in [0, 0.05) is 38.3 Å². The van der Waals surface area contributed by atoms with Gasteiger partial charge in [-0.1, -0.05) is 19.3 Å². The van der Waals surface area contributed by atoms with Gasteiger partial charge in [0.2, 0.25) is 11.8 Å². The molecule has 0 atom stereocenters. The maximum Gasteiger partial charge on any atom is 0.325 e. The molecule has 1 saturated carbocycles. The van der Waals surface area contributed by atoms with Gasteiger partial charge in [0.05, 0.1) is 13.7 Å². The summed E-state index contributed by atoms with van der Waals surface area (Å²) in [7, 11) is 1.57. The smallest absolute Gasteiger partial charge is 0.325 e. The lowest BCUT2D eigenvalue weighted by molar-refractivity contribution is -0.134. The molecule has 1 aromatic carbocycles. The van der Waals surface area contributed by atoms with E-state index in [1.165, 1.54) is 32.1 Å². The second kappa shape index (κ2) is 11.0. The number of carbonyl (C=O) groups is 3. The fraction of sp³-hybridized carbons (Fsp3) is 0.591. The van der Waals surface area contributed by atoms with E-state index in [2.05, 4.69) is 10.6 Å². The van der Waals surface area contributed by atoms with Crippen molar-refractivity contribution >= 4 is 23.5 Å². The SMILES string of the molecule is COc1ccc(NC(=O)NC(=O)CN2CCN(C(=O)CC3CCCCC3)CC2)cc1. The van der Waals surface area contributed by atoms with E-state index in [9.17, 15) is 14.4 Å². The van der Waals surface area contributed by atoms with E-state index < -0.39 is 6.03 Å². The van der Waals surface area contributed by atoms with Crippen molar-refractivity contribution < 1.29 is 19.1 Å². The van der Waals surface area contributed by atoms with E-state index >= 15 is 0 Å². The Balaban J connectivity index is 1.35. The number of imide groups is 1. The van der Waals surface area contributed by atoms with Gasteiger partial charge in [-0.15, -0.1) is 0 Å². The average Bonchev–Trinajstić information content (AvgIpc) is 2.75. The van der Waals surface area contributed by atoms with Crippen LogP contribution in [-0.2, 0) is 9.59 Å². The van der Waals surface area contributed by atoms with E-state index in [0.29, 0.717) is 50.0 Å². The first-order chi connectivity index (χ1) is 14.5. The Bertz CT molecular complexity index is 723. The Labute approximate surface area is 177 Å². The Morgan fingerprint density at radius 1 is 1.00 bits per heavy atom. The number of benzene rings is 1. The van der Waals surface area contributed by atoms with Gasteiger partial charge in [-0.2, -0.15) is 0 Å². The summed E-state index contributed by atoms with van der Waals surface area (Å²) in [6, 6.07) is 6.30. The van der Waals surface area contributed by atoms with Crippen molar-refractivity contribution in [3.8, 4) is 5.75 Å². The number of rotatable bonds is 6. The highest BCUT2D eigenvalue weighted by atomic mass is 16.5. The van der Waals surface area contributed by atoms with Crippen molar-refractivity contribution in [2.45, 2.75) is 38.5 Å². The predicted octanol–water partition coefficient (Wildman–Crippen LogP) is 2.46. The maximum absolute atomic E-state index is 12.5. The molecule has 0 spiro atoms. The molecule has 1 aliphatic carbocycles. The van der Waals surface area contributed by atoms with Gasteiger partial charge >= 0.3 is 6.03 Å². The molecule has 30 heavy (non-hydrogen) atoms. The first-order valence-electron chi connectivity index (χ1n) is 10.8. The highest BCUT2D eigenvalue weighted by Crippen LogP contribution is 2.27. The number of carbonyl (C=O) groups excluding carboxylic acids is 3. The fourth-order valence-electron chi connectivity index (χ4n) is 4.13. The molecule has 0 aromatic heterocycles. The third-order valence-electron chi connectivity index (χ3n) is 5.88. The van der Waals surface area contributed by atoms with Crippen LogP contribution in [0, 0.1) is 5.92 Å². The zero-order chi connectivity index (χ0) is 21.3. The molecule has 2 fully saturated rings. The number of hydrogen-bond donors (Lipinski definition) is 2. The lowest BCUT2D eigenvalue weighted by Crippen LogP contribution is -2.52. The van der Waals surface area contributed by atoms with E-state index in [4.69, 9.17) is 4.74 Å². The summed E-state index contributed by atoms with van der Waals surface area (Å²) in [5, 5.41) is 4.97. The first-order valence-corrected chi connectivity index (χ1v) is 10.8. The van der Waals surface area contributed by atoms with Crippen LogP contribution < -0.4 is 15.4 Å². The van der Waals surface area contributed by atoms with Crippen LogP contribution in [0.2, 0.25) is 0 Å². The molecule has 2 aliphatic rings. The highest BCUT2D eigenvalue weighted by Gasteiger charge is 2.25. The zero-order valence-corrected chi connectivity index (χ0v) is 17.7. The van der Waals surface area contributed by atoms with Crippen molar-refractivity contribution in [2.75, 3.05) is 45.2 Å². The van der Waals surface area contributed by atoms with Gasteiger partial charge in [-0.3, -0.25) is 19.8 Å². The first kappa shape index (κ1) is 22.1. The van der Waals surface area contributed by atoms with Crippen LogP contribution in [0.4, 0.5) is 10.5 Å². The third-order valence-corrected chi connectivity index (χ3v) is 5.88. The van der Waals surface area contributed by atoms with Crippen LogP contribution >= 0.6 is 0 Å². The Morgan fingerprint density at radius 3 is 2.30 bits per heavy atom. The molecule has 1 saturated heterocycles. The quantitative estimate of drug-likeness (QED) is 0.743. The molecular weight excluding hydrogens is 384 g/mol. The van der Waals surface area contributed by atoms with Crippen molar-refractivity contribution in [3.05, 3.63) is 24.3 Å². The largest absolute Gasteiger partial charge is 0.497 e. The monoisotopic (exact) mass is 416 g/mol. The minimum absolute atomic E-state index is 0.140. The van der Waals surface area contributed by atoms with E-state index in [1.807, 2.05) is 9.80 Å². The van der Waals surface area contributed by atoms with Gasteiger partial charge in [0.25, 0.3) is 0 Å². The van der Waals surface area contributed by atoms with Crippen molar-refractivity contribution in [1.82, 2.24) is 15.1 Å². The van der Waals surface area contributed by atoms with E-state index in [1.54, 1.807) is 31.4 Å². The number of piperazine rings is 1. The van der Waals surface area contributed by atoms with Crippen LogP contribution in [0.25, 0.3) is 0 Å². The average molecular weight is 417 g/mol. The van der Waals surface area contributed by atoms with Crippen LogP contribution in [0.5, 0.6) is 5.75 Å². The lowest BCUT2D eigenvalue weighted by atomic mass is 9.86. The molecule has 0 unspecified atom stereocenters. The molecule has 4 amide bonds. The summed E-state index contributed by atoms with van der Waals surface area (Å²) in [4.78, 5) is 40.6. The summed E-state index contributed by atoms with van der Waals surface area (Å²) in [5.74, 6) is 1.11. The molecule has 2 N–H and O–H groups in total. The number of nitrogens with one attached hydrogen (secondary N) is 2. The number of ether oxygens (including phenoxy) is 1. The maximum atomic E-state index is 12.5. The molecule has 1 aromatic rings. The minimum atomic E-state index is -0.563. The fourth-order valence-corrected chi connectivity index (χ4v) is 4.13. The molecule has 8 heteroatoms. The number of anilines is 1. The van der Waals surface area contributed by atoms with Crippen LogP contribution in [0.1, 0.15) is 38.5 Å². The molecule has 164 valence electrons. The summed E-state index contributed by atoms with van der Waals surface area (Å²) >= 11 is 0. The minimum Gasteiger partial charge on any atom is -0.497 e. The standard InChI is InChI=1S/C22H32N4O4/c1-30-19-9-7-18(8-10-19)23-22(29)24-20(27)16-25-11-13-26(14-12-25)21(28)15-17-5-3-2-4-6-17/h7-10,17H,2-6,11-16H2,1H3,(H2,23,24,27,29). The van der Waals surface area contributed by atoms with Crippen LogP contribution in [0.3, 0.4) is 0 Å². The molecular formula is C22H32N4O4. The van der Waals surface area contributed by atoms with Crippen molar-refractivity contribution in [1.29, 1.82) is 0 Å². The van der Waals surface area contributed by atoms with Gasteiger partial charge < -0.3 is 15.0 Å². The number of amides is 4. The third kappa shape index (κ3) is 6.73. The Hall–Kier alpha value is -2.61. The highest BCUT2D eigenvalue weighted by molar-refractivity contribution is 6.01. The summed E-state index contributed by atoms with van der Waals surface area (Å²) in [5.41, 5.74) is 0.575. The van der Waals surface area contributed by atoms with Gasteiger partial charge in [-0.05, 0) is 43.0 Å². The van der Waals surface area contributed by atoms with Crippen LogP contribution in [-0.4, -0.2) is 67.5 Å². The molecule has 3 rings (SSSR count). The summed E-state index contributed by atoms with van der Waals surface area (Å²) in [6.45, 7) is 2.70. The molecule has 1 aliphatic heterocycles. The van der Waals surface area contributed by atoms with Crippen molar-refractivity contribution in [2.24, 2.45) is 5.92 Å². The molecule has 0 radical (unpaired) electrons. The predicted molar refractivity (Wildman–Crippen MR) is 114 cm³/mol. The second-order valence-electron chi connectivity index (χ2n) is 8.10. The van der Waals surface area contributed by atoms with Crippen LogP contribution in [0.15, 0.2) is 24.3 Å². The van der Waals surface area contributed by atoms with Gasteiger partial charge in [0.15, 0.2) is 0 Å². The number of urea groups is 1. The summed E-state index contributed by atoms with van der Waals surface area (Å²) in [6.07, 6.45) is 6.78. The lowest BCUT2D eigenvalue weighted by Gasteiger charge is -2.35. The van der Waals surface area contributed by atoms with Gasteiger partial charge in [0.1, 0.15) is 5.75 Å². The Kier molecular flexibility index (Phi) is 8.07. The van der Waals surface area contributed by atoms with Crippen molar-refractivity contribution in [3.63, 3.8) is 0 Å². The molecule has 8 nitrogen and oxygen atoms in total. The van der Waals surface area contributed by atoms with E-state index in [-0.39, 0.29) is 18.4 Å². The van der Waals surface area contributed by atoms with E-state index in [0.717, 1.165) is 0 Å². The second-order valence-corrected chi connectivity index (χ2v) is 8.10. The molecule has 1 heterocycles. The normalized spacial score (nSPS) is 18.0.